The number of aryl methyl sites for hydroxylation is 1. The second-order valence-electron chi connectivity index (χ2n) is 10.1. The zero-order chi connectivity index (χ0) is 28.4. The highest BCUT2D eigenvalue weighted by molar-refractivity contribution is 5.67. The fourth-order valence-electron chi connectivity index (χ4n) is 4.96. The second-order valence-corrected chi connectivity index (χ2v) is 10.1. The van der Waals surface area contributed by atoms with Gasteiger partial charge in [0.25, 0.3) is 0 Å². The minimum atomic E-state index is 0.724. The summed E-state index contributed by atoms with van der Waals surface area (Å²) in [5.74, 6) is 3.45. The molecule has 1 heterocycles. The lowest BCUT2D eigenvalue weighted by Crippen LogP contribution is -2.24. The number of aromatic nitrogens is 2. The van der Waals surface area contributed by atoms with E-state index in [0.717, 1.165) is 73.5 Å². The van der Waals surface area contributed by atoms with E-state index in [1.54, 1.807) is 0 Å². The molecular weight excluding hydrogens is 506 g/mol. The Hall–Kier alpha value is -4.35. The van der Waals surface area contributed by atoms with Gasteiger partial charge >= 0.3 is 0 Å². The lowest BCUT2D eigenvalue weighted by Gasteiger charge is -2.17. The molecule has 3 aromatic carbocycles. The molecule has 0 amide bonds. The fourth-order valence-corrected chi connectivity index (χ4v) is 4.96. The van der Waals surface area contributed by atoms with Crippen molar-refractivity contribution < 1.29 is 9.47 Å². The normalized spacial score (nSPS) is 13.1. The van der Waals surface area contributed by atoms with Gasteiger partial charge in [-0.2, -0.15) is 0 Å². The first kappa shape index (κ1) is 28.2. The van der Waals surface area contributed by atoms with Gasteiger partial charge in [-0.25, -0.2) is 4.98 Å². The van der Waals surface area contributed by atoms with Gasteiger partial charge in [0.1, 0.15) is 23.1 Å². The molecular formula is C36H39N3O2. The molecule has 5 heteroatoms. The maximum atomic E-state index is 6.11. The molecule has 1 aliphatic rings. The maximum Gasteiger partial charge on any atom is 0.127 e. The Balaban J connectivity index is 1.20. The Kier molecular flexibility index (Phi) is 9.50. The molecule has 0 fully saturated rings. The zero-order valence-corrected chi connectivity index (χ0v) is 24.3. The highest BCUT2D eigenvalue weighted by Gasteiger charge is 2.11. The summed E-state index contributed by atoms with van der Waals surface area (Å²) in [6.07, 6.45) is 12.4. The van der Waals surface area contributed by atoms with Gasteiger partial charge in [-0.3, -0.25) is 0 Å². The summed E-state index contributed by atoms with van der Waals surface area (Å²) in [7, 11) is 0. The standard InChI is InChI=1S/C36H39N3O2/c1-4-38(5-2)25-10-26-40-33-14-9-13-31(17-20-33)36-27-39(28(3)37-36)32-18-23-35(24-19-32)41-34-21-15-30(16-22-34)29-11-7-6-8-12-29/h6-9,11-12,14-24,27H,4-5,10,13,25-26H2,1-3H3. The van der Waals surface area contributed by atoms with E-state index in [2.05, 4.69) is 102 Å². The van der Waals surface area contributed by atoms with Gasteiger partial charge < -0.3 is 18.9 Å². The molecule has 0 bridgehead atoms. The Bertz CT molecular complexity index is 1490. The van der Waals surface area contributed by atoms with E-state index < -0.39 is 0 Å². The molecule has 1 aromatic heterocycles. The molecule has 41 heavy (non-hydrogen) atoms. The smallest absolute Gasteiger partial charge is 0.127 e. The molecule has 0 unspecified atom stereocenters. The number of hydrogen-bond donors (Lipinski definition) is 0. The van der Waals surface area contributed by atoms with Crippen LogP contribution < -0.4 is 4.74 Å². The molecule has 1 aliphatic carbocycles. The molecule has 0 atom stereocenters. The van der Waals surface area contributed by atoms with Gasteiger partial charge in [-0.15, -0.1) is 0 Å². The van der Waals surface area contributed by atoms with Crippen molar-refractivity contribution in [1.82, 2.24) is 14.5 Å². The third-order valence-electron chi connectivity index (χ3n) is 7.37. The van der Waals surface area contributed by atoms with Crippen molar-refractivity contribution >= 4 is 5.57 Å². The summed E-state index contributed by atoms with van der Waals surface area (Å²) in [4.78, 5) is 7.29. The monoisotopic (exact) mass is 545 g/mol. The van der Waals surface area contributed by atoms with Gasteiger partial charge in [-0.05, 0) is 98.1 Å². The van der Waals surface area contributed by atoms with Gasteiger partial charge in [-0.1, -0.05) is 68.5 Å². The van der Waals surface area contributed by atoms with Crippen LogP contribution >= 0.6 is 0 Å². The number of benzene rings is 3. The van der Waals surface area contributed by atoms with E-state index in [1.807, 2.05) is 37.3 Å². The average molecular weight is 546 g/mol. The lowest BCUT2D eigenvalue weighted by atomic mass is 10.1. The molecule has 0 aliphatic heterocycles. The van der Waals surface area contributed by atoms with Crippen molar-refractivity contribution in [2.45, 2.75) is 33.6 Å². The molecule has 0 saturated heterocycles. The molecule has 4 aromatic rings. The molecule has 5 nitrogen and oxygen atoms in total. The van der Waals surface area contributed by atoms with Crippen LogP contribution in [0.4, 0.5) is 0 Å². The van der Waals surface area contributed by atoms with Gasteiger partial charge in [0.2, 0.25) is 0 Å². The molecule has 210 valence electrons. The van der Waals surface area contributed by atoms with Crippen LogP contribution in [0.15, 0.2) is 115 Å². The number of rotatable bonds is 12. The second kappa shape index (κ2) is 13.8. The van der Waals surface area contributed by atoms with E-state index in [9.17, 15) is 0 Å². The quantitative estimate of drug-likeness (QED) is 0.167. The predicted octanol–water partition coefficient (Wildman–Crippen LogP) is 8.62. The summed E-state index contributed by atoms with van der Waals surface area (Å²) in [5, 5.41) is 0. The van der Waals surface area contributed by atoms with Gasteiger partial charge in [0.15, 0.2) is 0 Å². The van der Waals surface area contributed by atoms with E-state index in [0.29, 0.717) is 0 Å². The highest BCUT2D eigenvalue weighted by atomic mass is 16.5. The molecule has 5 rings (SSSR count). The van der Waals surface area contributed by atoms with Crippen molar-refractivity contribution in [2.75, 3.05) is 26.2 Å². The first-order valence-electron chi connectivity index (χ1n) is 14.6. The largest absolute Gasteiger partial charge is 0.494 e. The average Bonchev–Trinajstić information content (AvgIpc) is 3.24. The third kappa shape index (κ3) is 7.44. The first-order chi connectivity index (χ1) is 20.1. The van der Waals surface area contributed by atoms with E-state index >= 15 is 0 Å². The summed E-state index contributed by atoms with van der Waals surface area (Å²) in [5.41, 5.74) is 5.56. The van der Waals surface area contributed by atoms with Crippen LogP contribution in [0, 0.1) is 6.92 Å². The fraction of sp³-hybridized carbons (Fsp3) is 0.250. The summed E-state index contributed by atoms with van der Waals surface area (Å²) in [6.45, 7) is 10.4. The van der Waals surface area contributed by atoms with Gasteiger partial charge in [0, 0.05) is 18.4 Å². The van der Waals surface area contributed by atoms with Crippen molar-refractivity contribution in [3.8, 4) is 28.3 Å². The number of nitrogens with zero attached hydrogens (tertiary/aromatic N) is 3. The predicted molar refractivity (Wildman–Crippen MR) is 168 cm³/mol. The van der Waals surface area contributed by atoms with Crippen LogP contribution in [0.3, 0.4) is 0 Å². The number of imidazole rings is 1. The Morgan fingerprint density at radius 2 is 1.51 bits per heavy atom. The van der Waals surface area contributed by atoms with Crippen LogP contribution in [-0.2, 0) is 4.74 Å². The van der Waals surface area contributed by atoms with Crippen LogP contribution in [0.5, 0.6) is 11.5 Å². The van der Waals surface area contributed by atoms with Gasteiger partial charge in [0.05, 0.1) is 12.3 Å². The van der Waals surface area contributed by atoms with Crippen molar-refractivity contribution in [3.05, 3.63) is 127 Å². The van der Waals surface area contributed by atoms with E-state index in [4.69, 9.17) is 14.5 Å². The van der Waals surface area contributed by atoms with Crippen molar-refractivity contribution in [2.24, 2.45) is 0 Å². The molecule has 0 radical (unpaired) electrons. The van der Waals surface area contributed by atoms with Crippen LogP contribution in [0.1, 0.15) is 38.2 Å². The highest BCUT2D eigenvalue weighted by Crippen LogP contribution is 2.28. The lowest BCUT2D eigenvalue weighted by molar-refractivity contribution is 0.195. The molecule has 0 spiro atoms. The molecule has 0 saturated carbocycles. The van der Waals surface area contributed by atoms with Crippen molar-refractivity contribution in [1.29, 1.82) is 0 Å². The Labute approximate surface area is 244 Å². The molecule has 0 N–H and O–H groups in total. The van der Waals surface area contributed by atoms with Crippen molar-refractivity contribution in [3.63, 3.8) is 0 Å². The summed E-state index contributed by atoms with van der Waals surface area (Å²) in [6, 6.07) is 26.7. The number of hydrogen-bond acceptors (Lipinski definition) is 4. The van der Waals surface area contributed by atoms with Crippen LogP contribution in [0.2, 0.25) is 0 Å². The topological polar surface area (TPSA) is 39.5 Å². The summed E-state index contributed by atoms with van der Waals surface area (Å²) >= 11 is 0. The van der Waals surface area contributed by atoms with Crippen LogP contribution in [-0.4, -0.2) is 40.7 Å². The zero-order valence-electron chi connectivity index (χ0n) is 24.3. The minimum absolute atomic E-state index is 0.724. The number of allylic oxidation sites excluding steroid dienone is 5. The summed E-state index contributed by atoms with van der Waals surface area (Å²) < 4.78 is 14.3. The SMILES string of the molecule is CCN(CC)CCCOC1=CC=C(c2cn(-c3ccc(Oc4ccc(-c5ccccc5)cc4)cc3)c(C)n2)CC=C1. The number of ether oxygens (including phenoxy) is 2. The van der Waals surface area contributed by atoms with Crippen LogP contribution in [0.25, 0.3) is 22.4 Å². The third-order valence-corrected chi connectivity index (χ3v) is 7.37. The maximum absolute atomic E-state index is 6.11. The van der Waals surface area contributed by atoms with E-state index in [-0.39, 0.29) is 0 Å². The Morgan fingerprint density at radius 3 is 2.22 bits per heavy atom. The van der Waals surface area contributed by atoms with E-state index in [1.165, 1.54) is 16.7 Å². The Morgan fingerprint density at radius 1 is 0.829 bits per heavy atom. The first-order valence-corrected chi connectivity index (χ1v) is 14.6. The minimum Gasteiger partial charge on any atom is -0.494 e.